The quantitative estimate of drug-likeness (QED) is 0.870. The maximum absolute atomic E-state index is 13.5. The molecule has 6 heteroatoms. The van der Waals surface area contributed by atoms with Crippen molar-refractivity contribution in [3.8, 4) is 0 Å². The van der Waals surface area contributed by atoms with Gasteiger partial charge in [0.05, 0.1) is 6.20 Å². The smallest absolute Gasteiger partial charge is 0.224 e. The van der Waals surface area contributed by atoms with E-state index < -0.39 is 0 Å². The molecule has 0 aliphatic heterocycles. The average Bonchev–Trinajstić information content (AvgIpc) is 2.44. The Kier molecular flexibility index (Phi) is 4.74. The first-order valence-electron chi connectivity index (χ1n) is 6.39. The van der Waals surface area contributed by atoms with Crippen LogP contribution in [0.25, 0.3) is 0 Å². The third kappa shape index (κ3) is 3.57. The molecule has 0 radical (unpaired) electrons. The van der Waals surface area contributed by atoms with Gasteiger partial charge in [-0.25, -0.2) is 9.37 Å². The van der Waals surface area contributed by atoms with Gasteiger partial charge in [0.25, 0.3) is 0 Å². The van der Waals surface area contributed by atoms with Gasteiger partial charge in [0, 0.05) is 12.2 Å². The number of halogens is 2. The number of aryl methyl sites for hydroxylation is 1. The van der Waals surface area contributed by atoms with Crippen molar-refractivity contribution in [1.82, 2.24) is 9.97 Å². The molecular weight excluding hydrogens is 279 g/mol. The lowest BCUT2D eigenvalue weighted by Gasteiger charge is -2.10. The van der Waals surface area contributed by atoms with Gasteiger partial charge in [-0.05, 0) is 31.0 Å². The van der Waals surface area contributed by atoms with Gasteiger partial charge in [-0.2, -0.15) is 4.98 Å². The van der Waals surface area contributed by atoms with E-state index in [1.807, 2.05) is 0 Å². The first-order valence-corrected chi connectivity index (χ1v) is 6.77. The number of hydrogen-bond acceptors (Lipinski definition) is 4. The van der Waals surface area contributed by atoms with Gasteiger partial charge in [-0.15, -0.1) is 0 Å². The average molecular weight is 295 g/mol. The highest BCUT2D eigenvalue weighted by molar-refractivity contribution is 6.32. The van der Waals surface area contributed by atoms with Crippen LogP contribution < -0.4 is 10.6 Å². The Hall–Kier alpha value is -1.88. The molecule has 0 fully saturated rings. The molecule has 0 unspecified atom stereocenters. The minimum Gasteiger partial charge on any atom is -0.354 e. The second-order valence-electron chi connectivity index (χ2n) is 4.41. The van der Waals surface area contributed by atoms with Gasteiger partial charge in [-0.3, -0.25) is 0 Å². The molecular formula is C14H16ClFN4. The zero-order chi connectivity index (χ0) is 14.5. The van der Waals surface area contributed by atoms with Crippen LogP contribution in [0.15, 0.2) is 24.4 Å². The highest BCUT2D eigenvalue weighted by Gasteiger charge is 2.07. The Bertz CT molecular complexity index is 604. The molecule has 2 rings (SSSR count). The highest BCUT2D eigenvalue weighted by Crippen LogP contribution is 2.24. The number of anilines is 3. The third-order valence-electron chi connectivity index (χ3n) is 2.71. The van der Waals surface area contributed by atoms with E-state index in [9.17, 15) is 4.39 Å². The summed E-state index contributed by atoms with van der Waals surface area (Å²) in [4.78, 5) is 8.35. The number of rotatable bonds is 5. The lowest BCUT2D eigenvalue weighted by Crippen LogP contribution is -2.06. The van der Waals surface area contributed by atoms with Crippen molar-refractivity contribution in [1.29, 1.82) is 0 Å². The first-order chi connectivity index (χ1) is 9.60. The molecule has 2 aromatic rings. The van der Waals surface area contributed by atoms with Crippen LogP contribution in [-0.4, -0.2) is 16.5 Å². The Balaban J connectivity index is 2.20. The van der Waals surface area contributed by atoms with E-state index in [2.05, 4.69) is 27.5 Å². The van der Waals surface area contributed by atoms with Gasteiger partial charge in [0.15, 0.2) is 5.82 Å². The number of aromatic nitrogens is 2. The summed E-state index contributed by atoms with van der Waals surface area (Å²) in [6, 6.07) is 4.88. The second-order valence-corrected chi connectivity index (χ2v) is 4.81. The maximum atomic E-state index is 13.5. The van der Waals surface area contributed by atoms with Crippen molar-refractivity contribution < 1.29 is 4.39 Å². The molecule has 2 N–H and O–H groups in total. The van der Waals surface area contributed by atoms with Crippen molar-refractivity contribution in [3.05, 3.63) is 40.8 Å². The standard InChI is InChI=1S/C14H16ClFN4/c1-3-6-17-14-18-8-11(15)13(20-14)19-10-5-4-9(2)12(16)7-10/h4-5,7-8H,3,6H2,1-2H3,(H2,17,18,19,20). The van der Waals surface area contributed by atoms with Crippen molar-refractivity contribution >= 4 is 29.1 Å². The van der Waals surface area contributed by atoms with Crippen LogP contribution in [0.3, 0.4) is 0 Å². The van der Waals surface area contributed by atoms with Crippen LogP contribution in [-0.2, 0) is 0 Å². The molecule has 1 aromatic heterocycles. The van der Waals surface area contributed by atoms with E-state index in [4.69, 9.17) is 11.6 Å². The summed E-state index contributed by atoms with van der Waals surface area (Å²) in [6.45, 7) is 4.54. The minimum absolute atomic E-state index is 0.274. The molecule has 1 aromatic carbocycles. The SMILES string of the molecule is CCCNc1ncc(Cl)c(Nc2ccc(C)c(F)c2)n1. The lowest BCUT2D eigenvalue weighted by atomic mass is 10.2. The normalized spacial score (nSPS) is 10.4. The summed E-state index contributed by atoms with van der Waals surface area (Å²) in [5, 5.41) is 6.45. The highest BCUT2D eigenvalue weighted by atomic mass is 35.5. The molecule has 0 bridgehead atoms. The Morgan fingerprint density at radius 2 is 2.15 bits per heavy atom. The molecule has 0 amide bonds. The van der Waals surface area contributed by atoms with Crippen LogP contribution in [0.2, 0.25) is 5.02 Å². The van der Waals surface area contributed by atoms with Crippen LogP contribution in [0.5, 0.6) is 0 Å². The summed E-state index contributed by atoms with van der Waals surface area (Å²) in [7, 11) is 0. The predicted octanol–water partition coefficient (Wildman–Crippen LogP) is 4.14. The Morgan fingerprint density at radius 1 is 1.35 bits per heavy atom. The number of hydrogen-bond donors (Lipinski definition) is 2. The molecule has 0 aliphatic carbocycles. The Labute approximate surface area is 122 Å². The molecule has 1 heterocycles. The van der Waals surface area contributed by atoms with Crippen molar-refractivity contribution in [2.45, 2.75) is 20.3 Å². The topological polar surface area (TPSA) is 49.8 Å². The molecule has 4 nitrogen and oxygen atoms in total. The summed E-state index contributed by atoms with van der Waals surface area (Å²) in [5.74, 6) is 0.666. The molecule has 0 atom stereocenters. The second kappa shape index (κ2) is 6.52. The molecule has 106 valence electrons. The van der Waals surface area contributed by atoms with Gasteiger partial charge in [0.2, 0.25) is 5.95 Å². The molecule has 0 saturated heterocycles. The molecule has 0 aliphatic rings. The number of benzene rings is 1. The van der Waals surface area contributed by atoms with E-state index >= 15 is 0 Å². The van der Waals surface area contributed by atoms with E-state index in [0.29, 0.717) is 28.0 Å². The van der Waals surface area contributed by atoms with Gasteiger partial charge in [0.1, 0.15) is 10.8 Å². The minimum atomic E-state index is -0.274. The third-order valence-corrected chi connectivity index (χ3v) is 2.99. The van der Waals surface area contributed by atoms with Crippen LogP contribution in [0.1, 0.15) is 18.9 Å². The summed E-state index contributed by atoms with van der Waals surface area (Å²) in [5.41, 5.74) is 1.18. The number of nitrogens with one attached hydrogen (secondary N) is 2. The van der Waals surface area contributed by atoms with Crippen molar-refractivity contribution in [2.24, 2.45) is 0 Å². The fourth-order valence-corrected chi connectivity index (χ4v) is 1.72. The predicted molar refractivity (Wildman–Crippen MR) is 80.2 cm³/mol. The fourth-order valence-electron chi connectivity index (χ4n) is 1.58. The summed E-state index contributed by atoms with van der Waals surface area (Å²) < 4.78 is 13.5. The van der Waals surface area contributed by atoms with Gasteiger partial charge < -0.3 is 10.6 Å². The molecule has 20 heavy (non-hydrogen) atoms. The summed E-state index contributed by atoms with van der Waals surface area (Å²) >= 11 is 6.04. The van der Waals surface area contributed by atoms with Gasteiger partial charge in [-0.1, -0.05) is 24.6 Å². The number of nitrogens with zero attached hydrogens (tertiary/aromatic N) is 2. The van der Waals surface area contributed by atoms with Crippen LogP contribution in [0.4, 0.5) is 21.8 Å². The maximum Gasteiger partial charge on any atom is 0.224 e. The zero-order valence-corrected chi connectivity index (χ0v) is 12.1. The van der Waals surface area contributed by atoms with Crippen LogP contribution >= 0.6 is 11.6 Å². The monoisotopic (exact) mass is 294 g/mol. The molecule has 0 spiro atoms. The Morgan fingerprint density at radius 3 is 2.85 bits per heavy atom. The van der Waals surface area contributed by atoms with Crippen LogP contribution in [0, 0.1) is 12.7 Å². The lowest BCUT2D eigenvalue weighted by molar-refractivity contribution is 0.619. The van der Waals surface area contributed by atoms with Crippen molar-refractivity contribution in [2.75, 3.05) is 17.2 Å². The van der Waals surface area contributed by atoms with E-state index in [-0.39, 0.29) is 5.82 Å². The molecule has 0 saturated carbocycles. The van der Waals surface area contributed by atoms with Crippen molar-refractivity contribution in [3.63, 3.8) is 0 Å². The zero-order valence-electron chi connectivity index (χ0n) is 11.4. The largest absolute Gasteiger partial charge is 0.354 e. The van der Waals surface area contributed by atoms with Gasteiger partial charge >= 0.3 is 0 Å². The van der Waals surface area contributed by atoms with E-state index in [1.54, 1.807) is 19.1 Å². The fraction of sp³-hybridized carbons (Fsp3) is 0.286. The van der Waals surface area contributed by atoms with E-state index in [0.717, 1.165) is 13.0 Å². The summed E-state index contributed by atoms with van der Waals surface area (Å²) in [6.07, 6.45) is 2.48. The first kappa shape index (κ1) is 14.5. The van der Waals surface area contributed by atoms with E-state index in [1.165, 1.54) is 12.3 Å².